The second-order valence-electron chi connectivity index (χ2n) is 3.72. The molecule has 0 aromatic heterocycles. The van der Waals surface area contributed by atoms with Crippen molar-refractivity contribution in [2.75, 3.05) is 18.8 Å². The molecule has 5 nitrogen and oxygen atoms in total. The number of hydrogen-bond donors (Lipinski definition) is 2. The lowest BCUT2D eigenvalue weighted by atomic mass is 9.80. The van der Waals surface area contributed by atoms with E-state index in [1.807, 2.05) is 0 Å². The van der Waals surface area contributed by atoms with Crippen molar-refractivity contribution in [2.45, 2.75) is 12.8 Å². The largest absolute Gasteiger partial charge is 0.317 e. The van der Waals surface area contributed by atoms with Crippen LogP contribution in [0.1, 0.15) is 12.8 Å². The third-order valence-corrected chi connectivity index (χ3v) is 4.19. The van der Waals surface area contributed by atoms with Crippen LogP contribution in [0.2, 0.25) is 0 Å². The van der Waals surface area contributed by atoms with Crippen LogP contribution in [0.5, 0.6) is 0 Å². The van der Waals surface area contributed by atoms with Crippen LogP contribution >= 0.6 is 0 Å². The van der Waals surface area contributed by atoms with Gasteiger partial charge < -0.3 is 5.32 Å². The van der Waals surface area contributed by atoms with Crippen molar-refractivity contribution in [2.24, 2.45) is 5.41 Å². The van der Waals surface area contributed by atoms with E-state index in [4.69, 9.17) is 0 Å². The van der Waals surface area contributed by atoms with Crippen LogP contribution in [0.15, 0.2) is 0 Å². The molecule has 2 fully saturated rings. The molecule has 2 rings (SSSR count). The molecule has 0 radical (unpaired) electrons. The fraction of sp³-hybridized carbons (Fsp3) is 0.857. The minimum Gasteiger partial charge on any atom is -0.317 e. The third-order valence-electron chi connectivity index (χ3n) is 2.76. The zero-order chi connectivity index (χ0) is 9.53. The molecule has 1 spiro atoms. The van der Waals surface area contributed by atoms with Crippen molar-refractivity contribution in [1.82, 2.24) is 10.0 Å². The molecule has 2 aliphatic heterocycles. The summed E-state index contributed by atoms with van der Waals surface area (Å²) in [7, 11) is -3.33. The predicted molar refractivity (Wildman–Crippen MR) is 46.5 cm³/mol. The van der Waals surface area contributed by atoms with Crippen LogP contribution in [0, 0.1) is 5.41 Å². The molecule has 0 aliphatic carbocycles. The zero-order valence-corrected chi connectivity index (χ0v) is 7.99. The minimum atomic E-state index is -3.33. The van der Waals surface area contributed by atoms with Gasteiger partial charge in [0.1, 0.15) is 0 Å². The summed E-state index contributed by atoms with van der Waals surface area (Å²) in [4.78, 5) is 11.4. The number of carbonyl (C=O) groups is 1. The molecule has 0 aromatic rings. The minimum absolute atomic E-state index is 0.0273. The van der Waals surface area contributed by atoms with Crippen LogP contribution in [-0.4, -0.2) is 33.2 Å². The van der Waals surface area contributed by atoms with Crippen LogP contribution in [0.3, 0.4) is 0 Å². The van der Waals surface area contributed by atoms with Crippen molar-refractivity contribution in [3.63, 3.8) is 0 Å². The van der Waals surface area contributed by atoms with Crippen molar-refractivity contribution in [3.05, 3.63) is 0 Å². The summed E-state index contributed by atoms with van der Waals surface area (Å²) in [5.74, 6) is -0.338. The summed E-state index contributed by atoms with van der Waals surface area (Å²) < 4.78 is 24.4. The van der Waals surface area contributed by atoms with Gasteiger partial charge in [-0.1, -0.05) is 0 Å². The molecular weight excluding hydrogens is 192 g/mol. The van der Waals surface area contributed by atoms with Gasteiger partial charge in [0.2, 0.25) is 15.9 Å². The first-order chi connectivity index (χ1) is 6.04. The van der Waals surface area contributed by atoms with Crippen molar-refractivity contribution >= 4 is 15.9 Å². The van der Waals surface area contributed by atoms with Gasteiger partial charge in [-0.3, -0.25) is 9.52 Å². The van der Waals surface area contributed by atoms with Crippen LogP contribution < -0.4 is 10.0 Å². The number of piperidine rings is 1. The van der Waals surface area contributed by atoms with Gasteiger partial charge in [0.25, 0.3) is 0 Å². The fourth-order valence-corrected chi connectivity index (χ4v) is 3.71. The van der Waals surface area contributed by atoms with Crippen LogP contribution in [0.4, 0.5) is 0 Å². The van der Waals surface area contributed by atoms with Crippen LogP contribution in [0.25, 0.3) is 0 Å². The summed E-state index contributed by atoms with van der Waals surface area (Å²) in [5, 5.41) is 3.11. The standard InChI is InChI=1S/C7H12N2O3S/c10-6-7(1-3-8-4-2-7)5-13(11,12)9-6/h8H,1-5H2,(H,9,10). The third kappa shape index (κ3) is 1.44. The average molecular weight is 204 g/mol. The lowest BCUT2D eigenvalue weighted by Crippen LogP contribution is -2.42. The van der Waals surface area contributed by atoms with E-state index >= 15 is 0 Å². The fourth-order valence-electron chi connectivity index (χ4n) is 1.99. The zero-order valence-electron chi connectivity index (χ0n) is 7.17. The molecule has 2 N–H and O–H groups in total. The molecule has 0 saturated carbocycles. The molecule has 2 aliphatic rings. The maximum atomic E-state index is 11.4. The number of hydrogen-bond acceptors (Lipinski definition) is 4. The summed E-state index contributed by atoms with van der Waals surface area (Å²) in [5.41, 5.74) is -0.635. The van der Waals surface area contributed by atoms with Crippen molar-refractivity contribution in [3.8, 4) is 0 Å². The first-order valence-electron chi connectivity index (χ1n) is 4.30. The van der Waals surface area contributed by atoms with Gasteiger partial charge in [-0.2, -0.15) is 0 Å². The smallest absolute Gasteiger partial charge is 0.240 e. The van der Waals surface area contributed by atoms with Crippen molar-refractivity contribution < 1.29 is 13.2 Å². The molecule has 0 unspecified atom stereocenters. The van der Waals surface area contributed by atoms with E-state index in [1.165, 1.54) is 0 Å². The van der Waals surface area contributed by atoms with Gasteiger partial charge in [-0.05, 0) is 25.9 Å². The molecule has 0 aromatic carbocycles. The quantitative estimate of drug-likeness (QED) is 0.520. The molecule has 2 heterocycles. The number of nitrogens with one attached hydrogen (secondary N) is 2. The summed E-state index contributed by atoms with van der Waals surface area (Å²) in [6.45, 7) is 1.45. The Balaban J connectivity index is 2.28. The number of sulfonamides is 1. The van der Waals surface area contributed by atoms with Gasteiger partial charge in [-0.25, -0.2) is 8.42 Å². The molecule has 13 heavy (non-hydrogen) atoms. The lowest BCUT2D eigenvalue weighted by molar-refractivity contribution is -0.128. The maximum Gasteiger partial charge on any atom is 0.240 e. The summed E-state index contributed by atoms with van der Waals surface area (Å²) in [6, 6.07) is 0. The number of carbonyl (C=O) groups excluding carboxylic acids is 1. The van der Waals surface area contributed by atoms with Crippen molar-refractivity contribution in [1.29, 1.82) is 0 Å². The Bertz CT molecular complexity index is 330. The maximum absolute atomic E-state index is 11.4. The lowest BCUT2D eigenvalue weighted by Gasteiger charge is -2.29. The first-order valence-corrected chi connectivity index (χ1v) is 5.95. The van der Waals surface area contributed by atoms with Gasteiger partial charge in [-0.15, -0.1) is 0 Å². The average Bonchev–Trinajstić information content (AvgIpc) is 2.23. The van der Waals surface area contributed by atoms with E-state index in [1.54, 1.807) is 0 Å². The van der Waals surface area contributed by atoms with Crippen LogP contribution in [-0.2, 0) is 14.8 Å². The topological polar surface area (TPSA) is 75.3 Å². The first kappa shape index (κ1) is 8.96. The molecule has 74 valence electrons. The number of amides is 1. The Labute approximate surface area is 76.9 Å². The summed E-state index contributed by atoms with van der Waals surface area (Å²) in [6.07, 6.45) is 1.25. The normalized spacial score (nSPS) is 30.3. The molecular formula is C7H12N2O3S. The molecule has 0 bridgehead atoms. The highest BCUT2D eigenvalue weighted by Crippen LogP contribution is 2.34. The highest BCUT2D eigenvalue weighted by Gasteiger charge is 2.49. The van der Waals surface area contributed by atoms with E-state index in [0.29, 0.717) is 12.8 Å². The van der Waals surface area contributed by atoms with Gasteiger partial charge in [0, 0.05) is 0 Å². The monoisotopic (exact) mass is 204 g/mol. The van der Waals surface area contributed by atoms with Gasteiger partial charge in [0.15, 0.2) is 0 Å². The Hall–Kier alpha value is -0.620. The molecule has 0 atom stereocenters. The molecule has 6 heteroatoms. The van der Waals surface area contributed by atoms with E-state index in [-0.39, 0.29) is 11.7 Å². The highest BCUT2D eigenvalue weighted by molar-refractivity contribution is 7.90. The predicted octanol–water partition coefficient (Wildman–Crippen LogP) is -1.18. The second kappa shape index (κ2) is 2.68. The Morgan fingerprint density at radius 3 is 2.31 bits per heavy atom. The van der Waals surface area contributed by atoms with E-state index in [2.05, 4.69) is 10.0 Å². The van der Waals surface area contributed by atoms with Gasteiger partial charge in [0.05, 0.1) is 11.2 Å². The highest BCUT2D eigenvalue weighted by atomic mass is 32.2. The van der Waals surface area contributed by atoms with E-state index in [0.717, 1.165) is 13.1 Å². The van der Waals surface area contributed by atoms with E-state index < -0.39 is 15.4 Å². The molecule has 2 saturated heterocycles. The Morgan fingerprint density at radius 2 is 1.85 bits per heavy atom. The summed E-state index contributed by atoms with van der Waals surface area (Å²) >= 11 is 0. The second-order valence-corrected chi connectivity index (χ2v) is 5.44. The van der Waals surface area contributed by atoms with E-state index in [9.17, 15) is 13.2 Å². The SMILES string of the molecule is O=C1NS(=O)(=O)CC12CCNCC2. The Morgan fingerprint density at radius 1 is 1.23 bits per heavy atom. The number of rotatable bonds is 0. The Kier molecular flexibility index (Phi) is 1.85. The molecule has 1 amide bonds. The van der Waals surface area contributed by atoms with Gasteiger partial charge >= 0.3 is 0 Å².